The fourth-order valence-electron chi connectivity index (χ4n) is 3.03. The third-order valence-corrected chi connectivity index (χ3v) is 6.76. The summed E-state index contributed by atoms with van der Waals surface area (Å²) in [6, 6.07) is 0. The van der Waals surface area contributed by atoms with Crippen LogP contribution in [0.2, 0.25) is 3.72 Å². The van der Waals surface area contributed by atoms with E-state index in [4.69, 9.17) is 11.8 Å². The van der Waals surface area contributed by atoms with Gasteiger partial charge in [-0.2, -0.15) is 0 Å². The van der Waals surface area contributed by atoms with Crippen molar-refractivity contribution in [3.05, 3.63) is 46.6 Å². The predicted molar refractivity (Wildman–Crippen MR) is 87.5 cm³/mol. The van der Waals surface area contributed by atoms with Crippen molar-refractivity contribution in [2.75, 3.05) is 0 Å². The predicted octanol–water partition coefficient (Wildman–Crippen LogP) is -3.71. The van der Waals surface area contributed by atoms with Crippen LogP contribution in [0.5, 0.6) is 0 Å². The van der Waals surface area contributed by atoms with Gasteiger partial charge < -0.3 is 37.2 Å². The monoisotopic (exact) mass is 442 g/mol. The largest absolute Gasteiger partial charge is 1.00 e. The van der Waals surface area contributed by atoms with Crippen molar-refractivity contribution >= 4 is 17.5 Å². The van der Waals surface area contributed by atoms with Crippen molar-refractivity contribution in [3.8, 4) is 0 Å². The normalized spacial score (nSPS) is 25.1. The maximum absolute atomic E-state index is 6.69. The van der Waals surface area contributed by atoms with E-state index in [1.54, 1.807) is 0 Å². The molecule has 0 spiro atoms. The number of allylic oxidation sites excluding steroid dienone is 8. The SMILES string of the molecule is CC1=CC(C)=C(C)[C]1([Ti])C1=CC=CCC1=[N+](Cl)C(C)(C)C.[Cl-].[Cl-].[Cl-]. The van der Waals surface area contributed by atoms with Crippen molar-refractivity contribution < 1.29 is 61.8 Å². The maximum Gasteiger partial charge on any atom is -1.00 e. The zero-order chi connectivity index (χ0) is 16.0. The van der Waals surface area contributed by atoms with Crippen molar-refractivity contribution in [1.29, 1.82) is 0 Å². The molecule has 0 aromatic rings. The Bertz CT molecular complexity index is 636. The third kappa shape index (κ3) is 4.61. The smallest absolute Gasteiger partial charge is 1.00 e. The number of nitrogens with zero attached hydrogens (tertiary/aromatic N) is 1. The van der Waals surface area contributed by atoms with Crippen molar-refractivity contribution in [3.63, 3.8) is 0 Å². The summed E-state index contributed by atoms with van der Waals surface area (Å²) in [5.74, 6) is 0. The van der Waals surface area contributed by atoms with Gasteiger partial charge in [0, 0.05) is 0 Å². The molecule has 2 aliphatic carbocycles. The molecule has 1 atom stereocenters. The molecule has 0 saturated heterocycles. The zero-order valence-electron chi connectivity index (χ0n) is 15.0. The molecule has 24 heavy (non-hydrogen) atoms. The van der Waals surface area contributed by atoms with Gasteiger partial charge in [0.1, 0.15) is 0 Å². The minimum Gasteiger partial charge on any atom is -1.00 e. The van der Waals surface area contributed by atoms with Crippen LogP contribution in [0.15, 0.2) is 46.6 Å². The second kappa shape index (κ2) is 9.44. The van der Waals surface area contributed by atoms with E-state index < -0.39 is 0 Å². The minimum absolute atomic E-state index is 0. The zero-order valence-corrected chi connectivity index (χ0v) is 19.6. The topological polar surface area (TPSA) is 3.01 Å². The Hall–Kier alpha value is 0.504. The van der Waals surface area contributed by atoms with E-state index in [1.807, 2.05) is 4.09 Å². The summed E-state index contributed by atoms with van der Waals surface area (Å²) in [4.78, 5) is 0. The average Bonchev–Trinajstić information content (AvgIpc) is 2.61. The molecule has 0 fully saturated rings. The van der Waals surface area contributed by atoms with Crippen molar-refractivity contribution in [2.24, 2.45) is 0 Å². The molecule has 0 amide bonds. The molecule has 0 saturated carbocycles. The van der Waals surface area contributed by atoms with E-state index in [1.165, 1.54) is 28.0 Å². The summed E-state index contributed by atoms with van der Waals surface area (Å²) < 4.78 is 1.88. The van der Waals surface area contributed by atoms with Gasteiger partial charge in [0.05, 0.1) is 0 Å². The van der Waals surface area contributed by atoms with Crippen LogP contribution in [0.25, 0.3) is 0 Å². The maximum atomic E-state index is 6.69. The Morgan fingerprint density at radius 3 is 2.08 bits per heavy atom. The molecular weight excluding hydrogens is 420 g/mol. The molecule has 0 aromatic heterocycles. The molecule has 2 aliphatic rings. The van der Waals surface area contributed by atoms with Gasteiger partial charge in [-0.15, -0.1) is 0 Å². The van der Waals surface area contributed by atoms with Crippen LogP contribution in [0, 0.1) is 0 Å². The molecule has 6 heteroatoms. The van der Waals surface area contributed by atoms with Crippen molar-refractivity contribution in [1.82, 2.24) is 0 Å². The Morgan fingerprint density at radius 2 is 1.67 bits per heavy atom. The van der Waals surface area contributed by atoms with E-state index in [0.29, 0.717) is 0 Å². The first-order chi connectivity index (χ1) is 9.60. The second-order valence-electron chi connectivity index (χ2n) is 7.00. The summed E-state index contributed by atoms with van der Waals surface area (Å²) in [7, 11) is 0. The first-order valence-corrected chi connectivity index (χ1v) is 8.53. The van der Waals surface area contributed by atoms with Crippen LogP contribution in [-0.2, 0) is 20.4 Å². The van der Waals surface area contributed by atoms with Crippen LogP contribution in [-0.4, -0.2) is 15.3 Å². The molecule has 0 radical (unpaired) electrons. The van der Waals surface area contributed by atoms with Gasteiger partial charge in [0.15, 0.2) is 0 Å². The van der Waals surface area contributed by atoms with Crippen LogP contribution >= 0.6 is 11.8 Å². The quantitative estimate of drug-likeness (QED) is 0.290. The van der Waals surface area contributed by atoms with E-state index >= 15 is 0 Å². The van der Waals surface area contributed by atoms with E-state index in [-0.39, 0.29) is 46.5 Å². The fraction of sp³-hybridized carbons (Fsp3) is 0.500. The van der Waals surface area contributed by atoms with Crippen molar-refractivity contribution in [2.45, 2.75) is 57.2 Å². The molecule has 0 aromatic carbocycles. The Kier molecular flexibility index (Phi) is 10.5. The van der Waals surface area contributed by atoms with Crippen LogP contribution < -0.4 is 37.2 Å². The molecule has 0 aliphatic heterocycles. The van der Waals surface area contributed by atoms with Gasteiger partial charge in [0.25, 0.3) is 0 Å². The van der Waals surface area contributed by atoms with Gasteiger partial charge in [-0.05, 0) is 0 Å². The number of hydrogen-bond donors (Lipinski definition) is 0. The van der Waals surface area contributed by atoms with E-state index in [2.05, 4.69) is 86.3 Å². The van der Waals surface area contributed by atoms with Gasteiger partial charge in [-0.3, -0.25) is 0 Å². The molecule has 135 valence electrons. The average molecular weight is 444 g/mol. The number of rotatable bonds is 1. The van der Waals surface area contributed by atoms with Gasteiger partial charge >= 0.3 is 146 Å². The summed E-state index contributed by atoms with van der Waals surface area (Å²) in [6.45, 7) is 13.1. The number of hydrogen-bond acceptors (Lipinski definition) is 0. The standard InChI is InChI=1S/C18H24ClN.3ClH.Ti/c1-12-11-13(2)17(14(12)3)15-9-7-8-10-16(15)20(19)18(4,5)6;;;;/h7-9,11H,10H2,1-6H3;3*1H;/q+1;;;;/p-3. The van der Waals surface area contributed by atoms with Gasteiger partial charge in [-0.1, -0.05) is 0 Å². The number of halogens is 4. The molecule has 1 nitrogen and oxygen atoms in total. The Morgan fingerprint density at radius 1 is 1.12 bits per heavy atom. The summed E-state index contributed by atoms with van der Waals surface area (Å²) in [5.41, 5.74) is 6.66. The molecule has 0 N–H and O–H groups in total. The minimum atomic E-state index is -0.0968. The summed E-state index contributed by atoms with van der Waals surface area (Å²) in [6.07, 6.45) is 9.78. The Balaban J connectivity index is 0. The first-order valence-electron chi connectivity index (χ1n) is 7.41. The first kappa shape index (κ1) is 26.7. The molecule has 1 unspecified atom stereocenters. The summed E-state index contributed by atoms with van der Waals surface area (Å²) >= 11 is 9.01. The molecule has 0 heterocycles. The second-order valence-corrected chi connectivity index (χ2v) is 8.51. The van der Waals surface area contributed by atoms with Crippen LogP contribution in [0.3, 0.4) is 0 Å². The molecular formula is C18H24Cl4NTi-2. The summed E-state index contributed by atoms with van der Waals surface area (Å²) in [5, 5.41) is 0. The van der Waals surface area contributed by atoms with Gasteiger partial charge in [-0.25, -0.2) is 0 Å². The van der Waals surface area contributed by atoms with Crippen LogP contribution in [0.1, 0.15) is 48.0 Å². The van der Waals surface area contributed by atoms with E-state index in [0.717, 1.165) is 6.42 Å². The third-order valence-electron chi connectivity index (χ3n) is 4.43. The molecule has 2 rings (SSSR count). The van der Waals surface area contributed by atoms with E-state index in [9.17, 15) is 0 Å². The Labute approximate surface area is 182 Å². The molecule has 0 bridgehead atoms. The van der Waals surface area contributed by atoms with Crippen LogP contribution in [0.4, 0.5) is 0 Å². The fourth-order valence-corrected chi connectivity index (χ4v) is 3.97. The van der Waals surface area contributed by atoms with Gasteiger partial charge in [0.2, 0.25) is 0 Å².